The van der Waals surface area contributed by atoms with Gasteiger partial charge in [-0.15, -0.1) is 12.4 Å². The lowest BCUT2D eigenvalue weighted by Crippen LogP contribution is -2.33. The Hall–Kier alpha value is -1.60. The molecule has 1 aromatic carbocycles. The molecule has 0 bridgehead atoms. The summed E-state index contributed by atoms with van der Waals surface area (Å²) in [6.07, 6.45) is 2.59. The Bertz CT molecular complexity index is 569. The van der Waals surface area contributed by atoms with Gasteiger partial charge in [0.05, 0.1) is 7.11 Å². The molecule has 2 rings (SSSR count). The van der Waals surface area contributed by atoms with Gasteiger partial charge in [-0.25, -0.2) is 0 Å². The Morgan fingerprint density at radius 2 is 2.04 bits per heavy atom. The van der Waals surface area contributed by atoms with E-state index < -0.39 is 6.61 Å². The fourth-order valence-electron chi connectivity index (χ4n) is 3.17. The predicted molar refractivity (Wildman–Crippen MR) is 98.1 cm³/mol. The predicted octanol–water partition coefficient (Wildman–Crippen LogP) is 3.36. The largest absolute Gasteiger partial charge is 0.497 e. The number of carbonyl (C=O) groups is 1. The summed E-state index contributed by atoms with van der Waals surface area (Å²) >= 11 is 0. The molecule has 2 N–H and O–H groups in total. The van der Waals surface area contributed by atoms with Gasteiger partial charge in [-0.3, -0.25) is 4.79 Å². The van der Waals surface area contributed by atoms with Gasteiger partial charge < -0.3 is 20.1 Å². The summed E-state index contributed by atoms with van der Waals surface area (Å²) in [7, 11) is 1.49. The molecule has 0 saturated carbocycles. The minimum absolute atomic E-state index is 0. The normalized spacial score (nSPS) is 15.9. The molecule has 1 heterocycles. The van der Waals surface area contributed by atoms with Crippen LogP contribution in [0, 0.1) is 11.8 Å². The molecule has 26 heavy (non-hydrogen) atoms. The topological polar surface area (TPSA) is 59.6 Å². The lowest BCUT2D eigenvalue weighted by Gasteiger charge is -2.27. The summed E-state index contributed by atoms with van der Waals surface area (Å²) in [6.45, 7) is 1.29. The number of rotatable bonds is 8. The quantitative estimate of drug-likeness (QED) is 0.712. The van der Waals surface area contributed by atoms with Gasteiger partial charge in [-0.05, 0) is 56.0 Å². The van der Waals surface area contributed by atoms with Crippen LogP contribution in [0.1, 0.15) is 31.7 Å². The van der Waals surface area contributed by atoms with Crippen molar-refractivity contribution in [2.24, 2.45) is 11.8 Å². The monoisotopic (exact) mass is 392 g/mol. The van der Waals surface area contributed by atoms with Crippen molar-refractivity contribution in [2.75, 3.05) is 20.2 Å². The van der Waals surface area contributed by atoms with Crippen molar-refractivity contribution in [3.63, 3.8) is 0 Å². The summed E-state index contributed by atoms with van der Waals surface area (Å²) in [5.41, 5.74) is 0.461. The van der Waals surface area contributed by atoms with Crippen LogP contribution in [0.2, 0.25) is 0 Å². The van der Waals surface area contributed by atoms with Gasteiger partial charge in [0.25, 0.3) is 0 Å². The number of benzene rings is 1. The van der Waals surface area contributed by atoms with E-state index in [0.717, 1.165) is 25.9 Å². The highest BCUT2D eigenvalue weighted by Gasteiger charge is 2.22. The van der Waals surface area contributed by atoms with Crippen LogP contribution >= 0.6 is 12.4 Å². The second kappa shape index (κ2) is 11.2. The molecule has 1 aromatic rings. The van der Waals surface area contributed by atoms with Gasteiger partial charge >= 0.3 is 6.61 Å². The minimum atomic E-state index is -2.91. The molecular weight excluding hydrogens is 366 g/mol. The first-order chi connectivity index (χ1) is 12.0. The van der Waals surface area contributed by atoms with Gasteiger partial charge in [0.1, 0.15) is 11.5 Å². The van der Waals surface area contributed by atoms with Gasteiger partial charge in [-0.1, -0.05) is 6.92 Å². The third-order valence-electron chi connectivity index (χ3n) is 4.66. The van der Waals surface area contributed by atoms with Gasteiger partial charge in [0, 0.05) is 18.5 Å². The van der Waals surface area contributed by atoms with Gasteiger partial charge in [0.2, 0.25) is 5.91 Å². The number of ether oxygens (including phenoxy) is 2. The van der Waals surface area contributed by atoms with Crippen LogP contribution in [0.25, 0.3) is 0 Å². The molecule has 1 fully saturated rings. The lowest BCUT2D eigenvalue weighted by atomic mass is 9.84. The number of nitrogens with one attached hydrogen (secondary N) is 2. The minimum Gasteiger partial charge on any atom is -0.497 e. The fourth-order valence-corrected chi connectivity index (χ4v) is 3.17. The third kappa shape index (κ3) is 6.96. The van der Waals surface area contributed by atoms with Crippen LogP contribution in [0.3, 0.4) is 0 Å². The molecular formula is C18H27ClF2N2O3. The summed E-state index contributed by atoms with van der Waals surface area (Å²) in [5.74, 6) is 1.32. The van der Waals surface area contributed by atoms with Crippen LogP contribution in [0.15, 0.2) is 18.2 Å². The van der Waals surface area contributed by atoms with Gasteiger partial charge in [-0.2, -0.15) is 8.78 Å². The van der Waals surface area contributed by atoms with E-state index in [1.807, 2.05) is 0 Å². The number of piperidine rings is 1. The van der Waals surface area contributed by atoms with Crippen LogP contribution in [-0.4, -0.2) is 32.7 Å². The molecule has 8 heteroatoms. The van der Waals surface area contributed by atoms with Crippen molar-refractivity contribution >= 4 is 18.3 Å². The molecule has 1 aliphatic heterocycles. The van der Waals surface area contributed by atoms with Crippen molar-refractivity contribution in [3.05, 3.63) is 23.8 Å². The molecule has 1 amide bonds. The number of hydrogen-bond acceptors (Lipinski definition) is 4. The fraction of sp³-hybridized carbons (Fsp3) is 0.611. The van der Waals surface area contributed by atoms with Crippen LogP contribution < -0.4 is 20.1 Å². The van der Waals surface area contributed by atoms with E-state index in [-0.39, 0.29) is 30.6 Å². The Labute approximate surface area is 159 Å². The number of methoxy groups -OCH3 is 1. The zero-order chi connectivity index (χ0) is 18.2. The van der Waals surface area contributed by atoms with Crippen molar-refractivity contribution < 1.29 is 23.0 Å². The molecule has 0 spiro atoms. The standard InChI is InChI=1S/C18H26F2N2O3.ClH/c1-12(13-5-7-21-8-6-13)9-17(23)22-11-14-10-15(24-2)3-4-16(14)25-18(19)20;/h3-4,10,12-13,18,21H,5-9,11H2,1-2H3,(H,22,23);1H. The Morgan fingerprint density at radius 1 is 1.35 bits per heavy atom. The highest BCUT2D eigenvalue weighted by molar-refractivity contribution is 5.85. The first kappa shape index (κ1) is 22.4. The maximum Gasteiger partial charge on any atom is 0.387 e. The number of carbonyl (C=O) groups excluding carboxylic acids is 1. The maximum atomic E-state index is 12.5. The van der Waals surface area contributed by atoms with Crippen LogP contribution in [-0.2, 0) is 11.3 Å². The van der Waals surface area contributed by atoms with E-state index in [4.69, 9.17) is 4.74 Å². The zero-order valence-corrected chi connectivity index (χ0v) is 15.9. The molecule has 1 aliphatic rings. The first-order valence-corrected chi connectivity index (χ1v) is 8.58. The molecule has 0 radical (unpaired) electrons. The van der Waals surface area contributed by atoms with Crippen molar-refractivity contribution in [3.8, 4) is 11.5 Å². The van der Waals surface area contributed by atoms with Crippen LogP contribution in [0.4, 0.5) is 8.78 Å². The Balaban J connectivity index is 0.00000338. The average Bonchev–Trinajstić information content (AvgIpc) is 2.61. The van der Waals surface area contributed by atoms with Crippen molar-refractivity contribution in [1.29, 1.82) is 0 Å². The number of hydrogen-bond donors (Lipinski definition) is 2. The molecule has 0 aromatic heterocycles. The average molecular weight is 393 g/mol. The van der Waals surface area contributed by atoms with Crippen molar-refractivity contribution in [1.82, 2.24) is 10.6 Å². The number of halogens is 3. The van der Waals surface area contributed by atoms with E-state index >= 15 is 0 Å². The highest BCUT2D eigenvalue weighted by Crippen LogP contribution is 2.26. The first-order valence-electron chi connectivity index (χ1n) is 8.58. The second-order valence-corrected chi connectivity index (χ2v) is 6.40. The summed E-state index contributed by atoms with van der Waals surface area (Å²) in [4.78, 5) is 12.2. The van der Waals surface area contributed by atoms with Crippen molar-refractivity contribution in [2.45, 2.75) is 39.3 Å². The second-order valence-electron chi connectivity index (χ2n) is 6.40. The smallest absolute Gasteiger partial charge is 0.387 e. The summed E-state index contributed by atoms with van der Waals surface area (Å²) in [6, 6.07) is 4.56. The Kier molecular flexibility index (Phi) is 9.65. The Morgan fingerprint density at radius 3 is 2.65 bits per heavy atom. The van der Waals surface area contributed by atoms with Crippen LogP contribution in [0.5, 0.6) is 11.5 Å². The van der Waals surface area contributed by atoms with E-state index in [0.29, 0.717) is 29.6 Å². The molecule has 1 unspecified atom stereocenters. The molecule has 1 atom stereocenters. The van der Waals surface area contributed by atoms with E-state index in [1.54, 1.807) is 12.1 Å². The van der Waals surface area contributed by atoms with E-state index in [1.165, 1.54) is 13.2 Å². The summed E-state index contributed by atoms with van der Waals surface area (Å²) in [5, 5.41) is 6.11. The maximum absolute atomic E-state index is 12.5. The third-order valence-corrected chi connectivity index (χ3v) is 4.66. The molecule has 1 saturated heterocycles. The molecule has 5 nitrogen and oxygen atoms in total. The lowest BCUT2D eigenvalue weighted by molar-refractivity contribution is -0.122. The molecule has 148 valence electrons. The molecule has 0 aliphatic carbocycles. The van der Waals surface area contributed by atoms with Gasteiger partial charge in [0.15, 0.2) is 0 Å². The summed E-state index contributed by atoms with van der Waals surface area (Å²) < 4.78 is 34.6. The SMILES string of the molecule is COc1ccc(OC(F)F)c(CNC(=O)CC(C)C2CCNCC2)c1.Cl. The highest BCUT2D eigenvalue weighted by atomic mass is 35.5. The number of alkyl halides is 2. The number of amides is 1. The van der Waals surface area contributed by atoms with E-state index in [9.17, 15) is 13.6 Å². The van der Waals surface area contributed by atoms with E-state index in [2.05, 4.69) is 22.3 Å². The zero-order valence-electron chi connectivity index (χ0n) is 15.1.